The van der Waals surface area contributed by atoms with Gasteiger partial charge in [-0.1, -0.05) is 6.07 Å². The fraction of sp³-hybridized carbons (Fsp3) is 0.200. The molecular formula is C15H14N2O4. The summed E-state index contributed by atoms with van der Waals surface area (Å²) in [6.45, 7) is 2.28. The fourth-order valence-corrected chi connectivity index (χ4v) is 2.08. The number of carbonyl (C=O) groups excluding carboxylic acids is 1. The van der Waals surface area contributed by atoms with Crippen molar-refractivity contribution in [1.82, 2.24) is 10.3 Å². The second kappa shape index (κ2) is 5.32. The van der Waals surface area contributed by atoms with Crippen molar-refractivity contribution in [3.8, 4) is 11.5 Å². The van der Waals surface area contributed by atoms with Gasteiger partial charge < -0.3 is 19.8 Å². The minimum Gasteiger partial charge on any atom is -0.454 e. The smallest absolute Gasteiger partial charge is 0.260 e. The molecule has 1 aliphatic rings. The molecule has 1 aromatic carbocycles. The third kappa shape index (κ3) is 2.74. The van der Waals surface area contributed by atoms with E-state index in [9.17, 15) is 9.59 Å². The highest BCUT2D eigenvalue weighted by Gasteiger charge is 2.14. The second-order valence-electron chi connectivity index (χ2n) is 4.75. The molecule has 2 N–H and O–H groups in total. The predicted octanol–water partition coefficient (Wildman–Crippen LogP) is 1.34. The molecule has 0 saturated heterocycles. The van der Waals surface area contributed by atoms with Crippen molar-refractivity contribution in [2.75, 3.05) is 6.79 Å². The quantitative estimate of drug-likeness (QED) is 0.892. The predicted molar refractivity (Wildman–Crippen MR) is 75.5 cm³/mol. The lowest BCUT2D eigenvalue weighted by Crippen LogP contribution is -2.29. The van der Waals surface area contributed by atoms with E-state index in [0.717, 1.165) is 5.56 Å². The van der Waals surface area contributed by atoms with Crippen molar-refractivity contribution < 1.29 is 14.3 Å². The zero-order valence-electron chi connectivity index (χ0n) is 11.4. The molecule has 2 aromatic rings. The van der Waals surface area contributed by atoms with Crippen molar-refractivity contribution in [3.05, 3.63) is 57.5 Å². The van der Waals surface area contributed by atoms with E-state index in [4.69, 9.17) is 9.47 Å². The number of pyridine rings is 1. The number of benzene rings is 1. The molecule has 0 unspecified atom stereocenters. The number of nitrogens with one attached hydrogen (secondary N) is 2. The second-order valence-corrected chi connectivity index (χ2v) is 4.75. The highest BCUT2D eigenvalue weighted by Crippen LogP contribution is 2.32. The zero-order chi connectivity index (χ0) is 14.8. The van der Waals surface area contributed by atoms with Crippen molar-refractivity contribution in [2.45, 2.75) is 13.5 Å². The van der Waals surface area contributed by atoms with Crippen LogP contribution < -0.4 is 20.3 Å². The van der Waals surface area contributed by atoms with Gasteiger partial charge in [-0.05, 0) is 36.8 Å². The van der Waals surface area contributed by atoms with Crippen LogP contribution in [0, 0.1) is 6.92 Å². The first-order valence-electron chi connectivity index (χ1n) is 6.50. The zero-order valence-corrected chi connectivity index (χ0v) is 11.4. The van der Waals surface area contributed by atoms with Crippen LogP contribution in [-0.2, 0) is 6.54 Å². The molecule has 0 radical (unpaired) electrons. The molecule has 0 saturated carbocycles. The number of aryl methyl sites for hydroxylation is 1. The summed E-state index contributed by atoms with van der Waals surface area (Å²) in [6, 6.07) is 8.65. The van der Waals surface area contributed by atoms with E-state index in [1.54, 1.807) is 19.1 Å². The van der Waals surface area contributed by atoms with Crippen LogP contribution in [0.5, 0.6) is 11.5 Å². The number of aromatic amines is 1. The molecule has 108 valence electrons. The molecule has 0 fully saturated rings. The maximum atomic E-state index is 12.0. The van der Waals surface area contributed by atoms with E-state index in [1.165, 1.54) is 6.07 Å². The summed E-state index contributed by atoms with van der Waals surface area (Å²) in [4.78, 5) is 26.3. The summed E-state index contributed by atoms with van der Waals surface area (Å²) in [5.41, 5.74) is 1.29. The molecule has 1 aliphatic heterocycles. The van der Waals surface area contributed by atoms with Gasteiger partial charge in [-0.15, -0.1) is 0 Å². The number of fused-ring (bicyclic) bond motifs is 1. The summed E-state index contributed by atoms with van der Waals surface area (Å²) in [7, 11) is 0. The molecule has 0 atom stereocenters. The van der Waals surface area contributed by atoms with Gasteiger partial charge in [0.25, 0.3) is 11.5 Å². The number of hydrogen-bond donors (Lipinski definition) is 2. The van der Waals surface area contributed by atoms with E-state index >= 15 is 0 Å². The van der Waals surface area contributed by atoms with Gasteiger partial charge in [0, 0.05) is 12.2 Å². The Morgan fingerprint density at radius 3 is 2.86 bits per heavy atom. The lowest BCUT2D eigenvalue weighted by molar-refractivity contribution is 0.0949. The summed E-state index contributed by atoms with van der Waals surface area (Å²) in [5.74, 6) is 0.948. The van der Waals surface area contributed by atoms with Gasteiger partial charge in [0.2, 0.25) is 6.79 Å². The van der Waals surface area contributed by atoms with E-state index < -0.39 is 11.5 Å². The molecule has 21 heavy (non-hydrogen) atoms. The van der Waals surface area contributed by atoms with Gasteiger partial charge >= 0.3 is 0 Å². The van der Waals surface area contributed by atoms with Crippen LogP contribution in [0.2, 0.25) is 0 Å². The molecule has 6 nitrogen and oxygen atoms in total. The van der Waals surface area contributed by atoms with Crippen molar-refractivity contribution in [2.24, 2.45) is 0 Å². The summed E-state index contributed by atoms with van der Waals surface area (Å²) in [5, 5.41) is 2.71. The Kier molecular flexibility index (Phi) is 3.35. The number of amides is 1. The Morgan fingerprint density at radius 2 is 2.05 bits per heavy atom. The van der Waals surface area contributed by atoms with Crippen LogP contribution in [0.25, 0.3) is 0 Å². The SMILES string of the molecule is Cc1ccc(C(=O)NCc2ccc3c(c2)OCO3)c(=O)[nH]1. The van der Waals surface area contributed by atoms with Gasteiger partial charge in [0.1, 0.15) is 5.56 Å². The Morgan fingerprint density at radius 1 is 1.24 bits per heavy atom. The molecule has 3 rings (SSSR count). The first kappa shape index (κ1) is 13.2. The van der Waals surface area contributed by atoms with Crippen LogP contribution in [-0.4, -0.2) is 17.7 Å². The highest BCUT2D eigenvalue weighted by atomic mass is 16.7. The molecule has 0 aliphatic carbocycles. The van der Waals surface area contributed by atoms with E-state index in [0.29, 0.717) is 23.7 Å². The van der Waals surface area contributed by atoms with Crippen LogP contribution in [0.4, 0.5) is 0 Å². The summed E-state index contributed by atoms with van der Waals surface area (Å²) in [6.07, 6.45) is 0. The molecule has 1 amide bonds. The molecule has 0 spiro atoms. The average Bonchev–Trinajstić information content (AvgIpc) is 2.92. The largest absolute Gasteiger partial charge is 0.454 e. The Bertz CT molecular complexity index is 752. The first-order chi connectivity index (χ1) is 10.1. The third-order valence-electron chi connectivity index (χ3n) is 3.19. The van der Waals surface area contributed by atoms with Crippen LogP contribution in [0.3, 0.4) is 0 Å². The summed E-state index contributed by atoms with van der Waals surface area (Å²) >= 11 is 0. The standard InChI is InChI=1S/C15H14N2O4/c1-9-2-4-11(15(19)17-9)14(18)16-7-10-3-5-12-13(6-10)21-8-20-12/h2-6H,7-8H2,1H3,(H,16,18)(H,17,19). The number of aromatic nitrogens is 1. The topological polar surface area (TPSA) is 80.4 Å². The van der Waals surface area contributed by atoms with Gasteiger partial charge in [0.05, 0.1) is 0 Å². The molecule has 6 heteroatoms. The summed E-state index contributed by atoms with van der Waals surface area (Å²) < 4.78 is 10.5. The maximum absolute atomic E-state index is 12.0. The van der Waals surface area contributed by atoms with Gasteiger partial charge in [-0.25, -0.2) is 0 Å². The van der Waals surface area contributed by atoms with Gasteiger partial charge in [-0.2, -0.15) is 0 Å². The van der Waals surface area contributed by atoms with Crippen molar-refractivity contribution in [1.29, 1.82) is 0 Å². The van der Waals surface area contributed by atoms with Crippen LogP contribution >= 0.6 is 0 Å². The number of ether oxygens (including phenoxy) is 2. The fourth-order valence-electron chi connectivity index (χ4n) is 2.08. The Balaban J connectivity index is 1.70. The van der Waals surface area contributed by atoms with Crippen molar-refractivity contribution >= 4 is 5.91 Å². The third-order valence-corrected chi connectivity index (χ3v) is 3.19. The monoisotopic (exact) mass is 286 g/mol. The maximum Gasteiger partial charge on any atom is 0.260 e. The Hall–Kier alpha value is -2.76. The number of hydrogen-bond acceptors (Lipinski definition) is 4. The first-order valence-corrected chi connectivity index (χ1v) is 6.50. The average molecular weight is 286 g/mol. The highest BCUT2D eigenvalue weighted by molar-refractivity contribution is 5.93. The number of H-pyrrole nitrogens is 1. The van der Waals surface area contributed by atoms with E-state index in [2.05, 4.69) is 10.3 Å². The Labute approximate surface area is 120 Å². The number of carbonyl (C=O) groups is 1. The normalized spacial score (nSPS) is 12.2. The lowest BCUT2D eigenvalue weighted by Gasteiger charge is -2.06. The van der Waals surface area contributed by atoms with Crippen LogP contribution in [0.15, 0.2) is 35.1 Å². The molecule has 0 bridgehead atoms. The van der Waals surface area contributed by atoms with E-state index in [1.807, 2.05) is 12.1 Å². The number of rotatable bonds is 3. The minimum atomic E-state index is -0.408. The van der Waals surface area contributed by atoms with Crippen LogP contribution in [0.1, 0.15) is 21.6 Å². The molecular weight excluding hydrogens is 272 g/mol. The molecule has 2 heterocycles. The van der Waals surface area contributed by atoms with Crippen molar-refractivity contribution in [3.63, 3.8) is 0 Å². The minimum absolute atomic E-state index is 0.0985. The van der Waals surface area contributed by atoms with Gasteiger partial charge in [-0.3, -0.25) is 9.59 Å². The molecule has 1 aromatic heterocycles. The lowest BCUT2D eigenvalue weighted by atomic mass is 10.2. The van der Waals surface area contributed by atoms with E-state index in [-0.39, 0.29) is 12.4 Å². The van der Waals surface area contributed by atoms with Gasteiger partial charge in [0.15, 0.2) is 11.5 Å².